The molecule has 1 amide bonds. The lowest BCUT2D eigenvalue weighted by atomic mass is 10.0. The molecule has 166 valence electrons. The third-order valence-electron chi connectivity index (χ3n) is 6.43. The van der Waals surface area contributed by atoms with Crippen LogP contribution < -0.4 is 4.90 Å². The molecule has 4 nitrogen and oxygen atoms in total. The first-order chi connectivity index (χ1) is 14.8. The van der Waals surface area contributed by atoms with Crippen LogP contribution >= 0.6 is 0 Å². The van der Waals surface area contributed by atoms with E-state index < -0.39 is 11.7 Å². The number of piperazine rings is 1. The number of hydrogen-bond donors (Lipinski definition) is 0. The number of anilines is 1. The number of rotatable bonds is 3. The zero-order chi connectivity index (χ0) is 22.0. The van der Waals surface area contributed by atoms with Crippen LogP contribution in [-0.4, -0.2) is 61.0 Å². The Balaban J connectivity index is 1.37. The summed E-state index contributed by atoms with van der Waals surface area (Å²) in [7, 11) is 0. The molecule has 0 aliphatic carbocycles. The van der Waals surface area contributed by atoms with E-state index in [2.05, 4.69) is 4.90 Å². The lowest BCUT2D eigenvalue weighted by molar-refractivity contribution is -0.137. The van der Waals surface area contributed by atoms with Crippen LogP contribution in [0.15, 0.2) is 48.5 Å². The molecule has 0 bridgehead atoms. The minimum absolute atomic E-state index is 0.0883. The predicted molar refractivity (Wildman–Crippen MR) is 115 cm³/mol. The van der Waals surface area contributed by atoms with Gasteiger partial charge in [0.05, 0.1) is 5.56 Å². The predicted octanol–water partition coefficient (Wildman–Crippen LogP) is 4.44. The van der Waals surface area contributed by atoms with Crippen molar-refractivity contribution in [1.29, 1.82) is 0 Å². The lowest BCUT2D eigenvalue weighted by Crippen LogP contribution is -2.56. The number of amides is 1. The molecule has 31 heavy (non-hydrogen) atoms. The van der Waals surface area contributed by atoms with Crippen molar-refractivity contribution in [2.24, 2.45) is 0 Å². The van der Waals surface area contributed by atoms with Gasteiger partial charge in [0.25, 0.3) is 5.91 Å². The SMILES string of the molecule is Cc1ccccc1C(=O)N1CCCC(N2CCN(c3cccc(C(F)(F)F)c3)CC2)C1. The summed E-state index contributed by atoms with van der Waals surface area (Å²) in [5.74, 6) is 0.0883. The highest BCUT2D eigenvalue weighted by atomic mass is 19.4. The zero-order valence-corrected chi connectivity index (χ0v) is 17.7. The van der Waals surface area contributed by atoms with E-state index in [1.807, 2.05) is 41.0 Å². The Morgan fingerprint density at radius 1 is 0.968 bits per heavy atom. The van der Waals surface area contributed by atoms with Crippen LogP contribution in [0.1, 0.15) is 34.3 Å². The highest BCUT2D eigenvalue weighted by Gasteiger charge is 2.33. The minimum Gasteiger partial charge on any atom is -0.369 e. The number of nitrogens with zero attached hydrogens (tertiary/aromatic N) is 3. The number of alkyl halides is 3. The van der Waals surface area contributed by atoms with Gasteiger partial charge in [-0.3, -0.25) is 9.69 Å². The maximum absolute atomic E-state index is 13.0. The second-order valence-corrected chi connectivity index (χ2v) is 8.43. The molecule has 2 aromatic carbocycles. The summed E-state index contributed by atoms with van der Waals surface area (Å²) in [5, 5.41) is 0. The molecule has 1 atom stereocenters. The fraction of sp³-hybridized carbons (Fsp3) is 0.458. The van der Waals surface area contributed by atoms with Crippen LogP contribution in [0.4, 0.5) is 18.9 Å². The standard InChI is InChI=1S/C24H28F3N3O/c1-18-6-2-3-10-22(18)23(31)30-11-5-9-21(17-30)29-14-12-28(13-15-29)20-8-4-7-19(16-20)24(25,26)27/h2-4,6-8,10,16,21H,5,9,11-15,17H2,1H3. The summed E-state index contributed by atoms with van der Waals surface area (Å²) in [4.78, 5) is 19.4. The van der Waals surface area contributed by atoms with Crippen molar-refractivity contribution >= 4 is 11.6 Å². The number of halogens is 3. The number of carbonyl (C=O) groups excluding carboxylic acids is 1. The summed E-state index contributed by atoms with van der Waals surface area (Å²) in [6.07, 6.45) is -2.32. The average molecular weight is 432 g/mol. The quantitative estimate of drug-likeness (QED) is 0.719. The molecule has 2 aliphatic heterocycles. The molecule has 2 fully saturated rings. The Kier molecular flexibility index (Phi) is 6.23. The van der Waals surface area contributed by atoms with Gasteiger partial charge >= 0.3 is 6.18 Å². The van der Waals surface area contributed by atoms with Crippen molar-refractivity contribution in [3.8, 4) is 0 Å². The Bertz CT molecular complexity index is 922. The normalized spacial score (nSPS) is 20.7. The van der Waals surface area contributed by atoms with Gasteiger partial charge in [0.2, 0.25) is 0 Å². The molecule has 0 N–H and O–H groups in total. The smallest absolute Gasteiger partial charge is 0.369 e. The second-order valence-electron chi connectivity index (χ2n) is 8.43. The molecule has 4 rings (SSSR count). The third kappa shape index (κ3) is 4.87. The topological polar surface area (TPSA) is 26.8 Å². The Labute approximate surface area is 181 Å². The fourth-order valence-electron chi connectivity index (χ4n) is 4.64. The first-order valence-electron chi connectivity index (χ1n) is 10.8. The van der Waals surface area contributed by atoms with E-state index in [0.717, 1.165) is 49.7 Å². The molecule has 2 aromatic rings. The van der Waals surface area contributed by atoms with E-state index in [9.17, 15) is 18.0 Å². The highest BCUT2D eigenvalue weighted by molar-refractivity contribution is 5.95. The van der Waals surface area contributed by atoms with E-state index in [0.29, 0.717) is 31.4 Å². The zero-order valence-electron chi connectivity index (χ0n) is 17.7. The number of carbonyl (C=O) groups is 1. The van der Waals surface area contributed by atoms with Gasteiger partial charge in [0.1, 0.15) is 0 Å². The summed E-state index contributed by atoms with van der Waals surface area (Å²) < 4.78 is 39.1. The molecule has 2 aliphatic rings. The third-order valence-corrected chi connectivity index (χ3v) is 6.43. The van der Waals surface area contributed by atoms with Gasteiger partial charge in [-0.1, -0.05) is 24.3 Å². The number of likely N-dealkylation sites (tertiary alicyclic amines) is 1. The van der Waals surface area contributed by atoms with Gasteiger partial charge in [0, 0.05) is 56.6 Å². The molecule has 7 heteroatoms. The van der Waals surface area contributed by atoms with Gasteiger partial charge in [-0.05, 0) is 49.6 Å². The van der Waals surface area contributed by atoms with Crippen molar-refractivity contribution in [2.75, 3.05) is 44.2 Å². The van der Waals surface area contributed by atoms with Crippen molar-refractivity contribution in [3.05, 3.63) is 65.2 Å². The van der Waals surface area contributed by atoms with Gasteiger partial charge in [-0.15, -0.1) is 0 Å². The minimum atomic E-state index is -4.33. The van der Waals surface area contributed by atoms with Crippen molar-refractivity contribution in [3.63, 3.8) is 0 Å². The first-order valence-corrected chi connectivity index (χ1v) is 10.8. The molecule has 0 spiro atoms. The van der Waals surface area contributed by atoms with E-state index in [1.54, 1.807) is 6.07 Å². The van der Waals surface area contributed by atoms with Crippen LogP contribution in [0.5, 0.6) is 0 Å². The van der Waals surface area contributed by atoms with E-state index in [1.165, 1.54) is 12.1 Å². The molecule has 0 aromatic heterocycles. The van der Waals surface area contributed by atoms with Crippen LogP contribution in [0.2, 0.25) is 0 Å². The summed E-state index contributed by atoms with van der Waals surface area (Å²) in [6, 6.07) is 13.5. The average Bonchev–Trinajstić information content (AvgIpc) is 2.79. The Morgan fingerprint density at radius 2 is 1.71 bits per heavy atom. The summed E-state index contributed by atoms with van der Waals surface area (Å²) >= 11 is 0. The molecule has 0 saturated carbocycles. The van der Waals surface area contributed by atoms with Crippen LogP contribution in [0.25, 0.3) is 0 Å². The van der Waals surface area contributed by atoms with Crippen molar-refractivity contribution in [1.82, 2.24) is 9.80 Å². The van der Waals surface area contributed by atoms with E-state index >= 15 is 0 Å². The second kappa shape index (κ2) is 8.91. The largest absolute Gasteiger partial charge is 0.416 e. The van der Waals surface area contributed by atoms with Gasteiger partial charge in [0.15, 0.2) is 0 Å². The maximum Gasteiger partial charge on any atom is 0.416 e. The molecule has 2 heterocycles. The van der Waals surface area contributed by atoms with E-state index in [-0.39, 0.29) is 5.91 Å². The number of piperidine rings is 1. The van der Waals surface area contributed by atoms with Gasteiger partial charge in [-0.25, -0.2) is 0 Å². The Morgan fingerprint density at radius 3 is 2.42 bits per heavy atom. The number of aryl methyl sites for hydroxylation is 1. The summed E-state index contributed by atoms with van der Waals surface area (Å²) in [6.45, 7) is 6.37. The number of hydrogen-bond acceptors (Lipinski definition) is 3. The monoisotopic (exact) mass is 431 g/mol. The van der Waals surface area contributed by atoms with Gasteiger partial charge < -0.3 is 9.80 Å². The molecular formula is C24H28F3N3O. The fourth-order valence-corrected chi connectivity index (χ4v) is 4.64. The molecular weight excluding hydrogens is 403 g/mol. The van der Waals surface area contributed by atoms with Crippen LogP contribution in [0.3, 0.4) is 0 Å². The molecule has 1 unspecified atom stereocenters. The Hall–Kier alpha value is -2.54. The lowest BCUT2D eigenvalue weighted by Gasteiger charge is -2.44. The van der Waals surface area contributed by atoms with Crippen molar-refractivity contribution in [2.45, 2.75) is 32.0 Å². The number of benzene rings is 2. The molecule has 2 saturated heterocycles. The molecule has 0 radical (unpaired) electrons. The maximum atomic E-state index is 13.0. The highest BCUT2D eigenvalue weighted by Crippen LogP contribution is 2.32. The van der Waals surface area contributed by atoms with Crippen LogP contribution in [0, 0.1) is 6.92 Å². The first kappa shape index (κ1) is 21.7. The van der Waals surface area contributed by atoms with Crippen LogP contribution in [-0.2, 0) is 6.18 Å². The van der Waals surface area contributed by atoms with Crippen molar-refractivity contribution < 1.29 is 18.0 Å². The van der Waals surface area contributed by atoms with Gasteiger partial charge in [-0.2, -0.15) is 13.2 Å². The van der Waals surface area contributed by atoms with E-state index in [4.69, 9.17) is 0 Å². The summed E-state index contributed by atoms with van der Waals surface area (Å²) in [5.41, 5.74) is 1.77.